The van der Waals surface area contributed by atoms with Gasteiger partial charge in [0.05, 0.1) is 11.9 Å². The fourth-order valence-electron chi connectivity index (χ4n) is 2.15. The van der Waals surface area contributed by atoms with Crippen LogP contribution < -0.4 is 5.32 Å². The maximum absolute atomic E-state index is 3.96. The Hall–Kier alpha value is -1.68. The topological polar surface area (TPSA) is 42.7 Å². The van der Waals surface area contributed by atoms with Gasteiger partial charge in [0.25, 0.3) is 0 Å². The van der Waals surface area contributed by atoms with E-state index in [1.165, 1.54) is 11.3 Å². The molecule has 1 aromatic heterocycles. The van der Waals surface area contributed by atoms with Crippen molar-refractivity contribution in [3.63, 3.8) is 0 Å². The van der Waals surface area contributed by atoms with Gasteiger partial charge in [-0.05, 0) is 24.9 Å². The van der Waals surface area contributed by atoms with Crippen LogP contribution in [0.15, 0.2) is 36.5 Å². The van der Waals surface area contributed by atoms with Gasteiger partial charge in [-0.25, -0.2) is 0 Å². The third kappa shape index (κ3) is 3.17. The number of nitrogens with one attached hydrogen (secondary N) is 1. The normalized spacial score (nSPS) is 12.6. The SMILES string of the molecule is CCNC(CCc1cnnn1C)c1ccccc1. The molecule has 0 bridgehead atoms. The second-order valence-electron chi connectivity index (χ2n) is 4.41. The summed E-state index contributed by atoms with van der Waals surface area (Å²) in [4.78, 5) is 0. The van der Waals surface area contributed by atoms with Crippen molar-refractivity contribution >= 4 is 0 Å². The van der Waals surface area contributed by atoms with E-state index < -0.39 is 0 Å². The van der Waals surface area contributed by atoms with Crippen LogP contribution in [-0.2, 0) is 13.5 Å². The molecule has 0 spiro atoms. The molecule has 0 saturated carbocycles. The predicted molar refractivity (Wildman–Crippen MR) is 72.2 cm³/mol. The summed E-state index contributed by atoms with van der Waals surface area (Å²) in [5.74, 6) is 0. The summed E-state index contributed by atoms with van der Waals surface area (Å²) < 4.78 is 1.84. The smallest absolute Gasteiger partial charge is 0.0724 e. The van der Waals surface area contributed by atoms with E-state index in [9.17, 15) is 0 Å². The van der Waals surface area contributed by atoms with Gasteiger partial charge in [0.2, 0.25) is 0 Å². The maximum atomic E-state index is 3.96. The molecule has 4 heteroatoms. The Balaban J connectivity index is 2.01. The summed E-state index contributed by atoms with van der Waals surface area (Å²) in [6, 6.07) is 11.0. The zero-order valence-electron chi connectivity index (χ0n) is 11.0. The molecule has 0 amide bonds. The molecule has 0 radical (unpaired) electrons. The molecule has 96 valence electrons. The van der Waals surface area contributed by atoms with E-state index >= 15 is 0 Å². The predicted octanol–water partition coefficient (Wildman–Crippen LogP) is 2.10. The van der Waals surface area contributed by atoms with Crippen molar-refractivity contribution < 1.29 is 0 Å². The van der Waals surface area contributed by atoms with Gasteiger partial charge in [-0.3, -0.25) is 4.68 Å². The molecule has 1 heterocycles. The number of benzene rings is 1. The van der Waals surface area contributed by atoms with E-state index in [0.29, 0.717) is 6.04 Å². The lowest BCUT2D eigenvalue weighted by Gasteiger charge is -2.18. The van der Waals surface area contributed by atoms with E-state index in [-0.39, 0.29) is 0 Å². The van der Waals surface area contributed by atoms with Crippen LogP contribution in [-0.4, -0.2) is 21.5 Å². The number of aromatic nitrogens is 3. The highest BCUT2D eigenvalue weighted by molar-refractivity contribution is 5.19. The maximum Gasteiger partial charge on any atom is 0.0724 e. The lowest BCUT2D eigenvalue weighted by Crippen LogP contribution is -2.21. The number of hydrogen-bond acceptors (Lipinski definition) is 3. The summed E-state index contributed by atoms with van der Waals surface area (Å²) in [6.45, 7) is 3.12. The summed E-state index contributed by atoms with van der Waals surface area (Å²) in [7, 11) is 1.94. The van der Waals surface area contributed by atoms with Crippen molar-refractivity contribution in [3.05, 3.63) is 47.8 Å². The number of aryl methyl sites for hydroxylation is 2. The van der Waals surface area contributed by atoms with Gasteiger partial charge in [0, 0.05) is 13.1 Å². The van der Waals surface area contributed by atoms with Crippen LogP contribution in [0.25, 0.3) is 0 Å². The van der Waals surface area contributed by atoms with Gasteiger partial charge in [-0.2, -0.15) is 0 Å². The first kappa shape index (κ1) is 12.8. The Morgan fingerprint density at radius 1 is 1.28 bits per heavy atom. The van der Waals surface area contributed by atoms with Crippen LogP contribution in [0.1, 0.15) is 30.6 Å². The first-order valence-electron chi connectivity index (χ1n) is 6.43. The molecule has 2 aromatic rings. The average Bonchev–Trinajstić information content (AvgIpc) is 2.81. The van der Waals surface area contributed by atoms with E-state index in [1.54, 1.807) is 0 Å². The average molecular weight is 244 g/mol. The van der Waals surface area contributed by atoms with Crippen LogP contribution in [0.3, 0.4) is 0 Å². The zero-order chi connectivity index (χ0) is 12.8. The van der Waals surface area contributed by atoms with Gasteiger partial charge in [0.1, 0.15) is 0 Å². The minimum Gasteiger partial charge on any atom is -0.310 e. The van der Waals surface area contributed by atoms with Crippen LogP contribution in [0, 0.1) is 0 Å². The van der Waals surface area contributed by atoms with E-state index in [4.69, 9.17) is 0 Å². The van der Waals surface area contributed by atoms with Crippen molar-refractivity contribution in [3.8, 4) is 0 Å². The Kier molecular flexibility index (Phi) is 4.47. The van der Waals surface area contributed by atoms with E-state index in [0.717, 1.165) is 19.4 Å². The van der Waals surface area contributed by atoms with Gasteiger partial charge in [-0.15, -0.1) is 5.10 Å². The fourth-order valence-corrected chi connectivity index (χ4v) is 2.15. The van der Waals surface area contributed by atoms with Gasteiger partial charge < -0.3 is 5.32 Å². The second kappa shape index (κ2) is 6.31. The monoisotopic (exact) mass is 244 g/mol. The molecule has 0 aliphatic rings. The minimum atomic E-state index is 0.395. The molecule has 0 fully saturated rings. The fraction of sp³-hybridized carbons (Fsp3) is 0.429. The molecule has 1 aromatic carbocycles. The Bertz CT molecular complexity index is 464. The minimum absolute atomic E-state index is 0.395. The quantitative estimate of drug-likeness (QED) is 0.846. The Morgan fingerprint density at radius 3 is 2.67 bits per heavy atom. The first-order valence-corrected chi connectivity index (χ1v) is 6.43. The molecule has 1 N–H and O–H groups in total. The summed E-state index contributed by atoms with van der Waals surface area (Å²) in [6.07, 6.45) is 3.88. The lowest BCUT2D eigenvalue weighted by molar-refractivity contribution is 0.505. The zero-order valence-corrected chi connectivity index (χ0v) is 11.0. The van der Waals surface area contributed by atoms with Crippen LogP contribution in [0.4, 0.5) is 0 Å². The van der Waals surface area contributed by atoms with Crippen molar-refractivity contribution in [2.24, 2.45) is 7.05 Å². The standard InChI is InChI=1S/C14H20N4/c1-3-15-14(12-7-5-4-6-8-12)10-9-13-11-16-17-18(13)2/h4-8,11,14-15H,3,9-10H2,1-2H3. The molecular formula is C14H20N4. The summed E-state index contributed by atoms with van der Waals surface area (Å²) in [5.41, 5.74) is 2.52. The highest BCUT2D eigenvalue weighted by Crippen LogP contribution is 2.18. The molecule has 1 atom stereocenters. The van der Waals surface area contributed by atoms with Crippen LogP contribution in [0.2, 0.25) is 0 Å². The number of nitrogens with zero attached hydrogens (tertiary/aromatic N) is 3. The van der Waals surface area contributed by atoms with Crippen molar-refractivity contribution in [2.75, 3.05) is 6.54 Å². The Morgan fingerprint density at radius 2 is 2.06 bits per heavy atom. The van der Waals surface area contributed by atoms with Gasteiger partial charge >= 0.3 is 0 Å². The highest BCUT2D eigenvalue weighted by atomic mass is 15.4. The van der Waals surface area contributed by atoms with Crippen molar-refractivity contribution in [1.82, 2.24) is 20.3 Å². The summed E-state index contributed by atoms with van der Waals surface area (Å²) >= 11 is 0. The van der Waals surface area contributed by atoms with Crippen LogP contribution >= 0.6 is 0 Å². The first-order chi connectivity index (χ1) is 8.81. The molecule has 2 rings (SSSR count). The number of rotatable bonds is 6. The largest absolute Gasteiger partial charge is 0.310 e. The Labute approximate surface area is 108 Å². The van der Waals surface area contributed by atoms with Crippen molar-refractivity contribution in [2.45, 2.75) is 25.8 Å². The molecule has 4 nitrogen and oxygen atoms in total. The third-order valence-electron chi connectivity index (χ3n) is 3.15. The van der Waals surface area contributed by atoms with Crippen molar-refractivity contribution in [1.29, 1.82) is 0 Å². The molecule has 1 unspecified atom stereocenters. The lowest BCUT2D eigenvalue weighted by atomic mass is 10.0. The molecule has 0 saturated heterocycles. The highest BCUT2D eigenvalue weighted by Gasteiger charge is 2.11. The van der Waals surface area contributed by atoms with E-state index in [2.05, 4.69) is 52.9 Å². The molecule has 0 aliphatic carbocycles. The molecular weight excluding hydrogens is 224 g/mol. The molecule has 0 aliphatic heterocycles. The van der Waals surface area contributed by atoms with Gasteiger partial charge in [0.15, 0.2) is 0 Å². The molecule has 18 heavy (non-hydrogen) atoms. The van der Waals surface area contributed by atoms with E-state index in [1.807, 2.05) is 17.9 Å². The second-order valence-corrected chi connectivity index (χ2v) is 4.41. The number of hydrogen-bond donors (Lipinski definition) is 1. The van der Waals surface area contributed by atoms with Gasteiger partial charge in [-0.1, -0.05) is 42.5 Å². The third-order valence-corrected chi connectivity index (χ3v) is 3.15. The van der Waals surface area contributed by atoms with Crippen LogP contribution in [0.5, 0.6) is 0 Å². The summed E-state index contributed by atoms with van der Waals surface area (Å²) in [5, 5.41) is 11.4.